The number of fused-ring (bicyclic) bond motifs is 3. The Kier molecular flexibility index (Phi) is 6.86. The first-order valence-electron chi connectivity index (χ1n) is 12.8. The van der Waals surface area contributed by atoms with Crippen LogP contribution in [0.2, 0.25) is 0 Å². The van der Waals surface area contributed by atoms with Crippen molar-refractivity contribution in [1.82, 2.24) is 0 Å². The summed E-state index contributed by atoms with van der Waals surface area (Å²) in [5, 5.41) is 0. The number of ether oxygens (including phenoxy) is 1. The predicted molar refractivity (Wildman–Crippen MR) is 148 cm³/mol. The van der Waals surface area contributed by atoms with Crippen molar-refractivity contribution in [3.05, 3.63) is 131 Å². The number of rotatable bonds is 10. The van der Waals surface area contributed by atoms with Gasteiger partial charge < -0.3 is 4.74 Å². The van der Waals surface area contributed by atoms with E-state index in [-0.39, 0.29) is 5.41 Å². The van der Waals surface area contributed by atoms with E-state index in [1.165, 1.54) is 52.6 Å². The highest BCUT2D eigenvalue weighted by Crippen LogP contribution is 2.55. The lowest BCUT2D eigenvalue weighted by Crippen LogP contribution is -2.27. The maximum atomic E-state index is 5.95. The van der Waals surface area contributed by atoms with Gasteiger partial charge in [0.25, 0.3) is 0 Å². The second-order valence-electron chi connectivity index (χ2n) is 9.65. The Labute approximate surface area is 210 Å². The van der Waals surface area contributed by atoms with E-state index in [4.69, 9.17) is 4.74 Å². The molecule has 4 aromatic carbocycles. The quantitative estimate of drug-likeness (QED) is 0.215. The molecule has 4 aromatic rings. The van der Waals surface area contributed by atoms with Crippen LogP contribution in [0.3, 0.4) is 0 Å². The maximum Gasteiger partial charge on any atom is 0.119 e. The highest BCUT2D eigenvalue weighted by molar-refractivity contribution is 5.83. The van der Waals surface area contributed by atoms with E-state index < -0.39 is 0 Å². The largest absolute Gasteiger partial charge is 0.494 e. The Bertz CT molecular complexity index is 1290. The van der Waals surface area contributed by atoms with Crippen LogP contribution in [-0.2, 0) is 5.41 Å². The lowest BCUT2D eigenvalue weighted by Gasteiger charge is -2.33. The molecule has 0 saturated carbocycles. The molecule has 1 aliphatic rings. The normalized spacial score (nSPS) is 15.9. The zero-order valence-electron chi connectivity index (χ0n) is 20.7. The van der Waals surface area contributed by atoms with Gasteiger partial charge in [-0.3, -0.25) is 0 Å². The van der Waals surface area contributed by atoms with Crippen LogP contribution in [-0.4, -0.2) is 6.61 Å². The third-order valence-electron chi connectivity index (χ3n) is 7.41. The summed E-state index contributed by atoms with van der Waals surface area (Å²) in [5.41, 5.74) is 9.48. The van der Waals surface area contributed by atoms with Crippen LogP contribution in [0.1, 0.15) is 59.9 Å². The van der Waals surface area contributed by atoms with Gasteiger partial charge in [-0.15, -0.1) is 0 Å². The Morgan fingerprint density at radius 3 is 2.23 bits per heavy atom. The van der Waals surface area contributed by atoms with Crippen molar-refractivity contribution >= 4 is 6.08 Å². The first-order valence-corrected chi connectivity index (χ1v) is 12.8. The standard InChI is InChI=1S/C34H34O/c1-3-27-18-20-29(21-19-27)35-24-12-5-4-11-23-34(28-13-7-6-8-14-28)32-16-10-9-15-30(32)31-22-17-26(2)25-33(31)34/h3,6-10,13-22,25H,1,4-5,11-12,23-24H2,2H3. The molecule has 0 radical (unpaired) electrons. The molecule has 0 heterocycles. The minimum atomic E-state index is -0.0807. The van der Waals surface area contributed by atoms with Gasteiger partial charge in [-0.2, -0.15) is 0 Å². The first kappa shape index (κ1) is 23.2. The SMILES string of the molecule is C=Cc1ccc(OCCCCCCC2(c3ccccc3)c3ccccc3-c3ccc(C)cc32)cc1. The molecule has 0 spiro atoms. The molecule has 176 valence electrons. The summed E-state index contributed by atoms with van der Waals surface area (Å²) in [6.07, 6.45) is 7.62. The van der Waals surface area contributed by atoms with Gasteiger partial charge in [0.15, 0.2) is 0 Å². The van der Waals surface area contributed by atoms with E-state index in [1.54, 1.807) is 0 Å². The molecule has 1 nitrogen and oxygen atoms in total. The summed E-state index contributed by atoms with van der Waals surface area (Å²) in [6.45, 7) is 6.78. The molecule has 0 aromatic heterocycles. The van der Waals surface area contributed by atoms with Crippen molar-refractivity contribution in [1.29, 1.82) is 0 Å². The maximum absolute atomic E-state index is 5.95. The van der Waals surface area contributed by atoms with Crippen LogP contribution >= 0.6 is 0 Å². The Hall–Kier alpha value is -3.58. The van der Waals surface area contributed by atoms with Crippen LogP contribution in [0.5, 0.6) is 5.75 Å². The molecule has 0 saturated heterocycles. The predicted octanol–water partition coefficient (Wildman–Crippen LogP) is 8.98. The van der Waals surface area contributed by atoms with E-state index in [2.05, 4.69) is 86.3 Å². The average molecular weight is 459 g/mol. The molecular weight excluding hydrogens is 424 g/mol. The van der Waals surface area contributed by atoms with Gasteiger partial charge >= 0.3 is 0 Å². The molecule has 0 N–H and O–H groups in total. The van der Waals surface area contributed by atoms with Crippen LogP contribution in [0.25, 0.3) is 17.2 Å². The second-order valence-corrected chi connectivity index (χ2v) is 9.65. The van der Waals surface area contributed by atoms with Crippen LogP contribution < -0.4 is 4.74 Å². The lowest BCUT2D eigenvalue weighted by molar-refractivity contribution is 0.303. The van der Waals surface area contributed by atoms with Crippen molar-refractivity contribution < 1.29 is 4.74 Å². The third kappa shape index (κ3) is 4.56. The summed E-state index contributed by atoms with van der Waals surface area (Å²) in [4.78, 5) is 0. The molecule has 1 heteroatoms. The van der Waals surface area contributed by atoms with Crippen LogP contribution in [0.4, 0.5) is 0 Å². The van der Waals surface area contributed by atoms with Crippen LogP contribution in [0, 0.1) is 6.92 Å². The van der Waals surface area contributed by atoms with Gasteiger partial charge in [0, 0.05) is 5.41 Å². The van der Waals surface area contributed by atoms with Gasteiger partial charge in [0.2, 0.25) is 0 Å². The van der Waals surface area contributed by atoms with Gasteiger partial charge in [-0.05, 0) is 65.3 Å². The zero-order valence-corrected chi connectivity index (χ0v) is 20.7. The minimum Gasteiger partial charge on any atom is -0.494 e. The van der Waals surface area contributed by atoms with Gasteiger partial charge in [-0.1, -0.05) is 122 Å². The third-order valence-corrected chi connectivity index (χ3v) is 7.41. The summed E-state index contributed by atoms with van der Waals surface area (Å²) < 4.78 is 5.95. The van der Waals surface area contributed by atoms with E-state index in [9.17, 15) is 0 Å². The number of unbranched alkanes of at least 4 members (excludes halogenated alkanes) is 3. The van der Waals surface area contributed by atoms with Crippen LogP contribution in [0.15, 0.2) is 104 Å². The molecule has 5 rings (SSSR count). The summed E-state index contributed by atoms with van der Waals surface area (Å²) in [5.74, 6) is 0.938. The Morgan fingerprint density at radius 2 is 1.43 bits per heavy atom. The molecule has 0 amide bonds. The number of benzene rings is 4. The van der Waals surface area contributed by atoms with Gasteiger partial charge in [0.05, 0.1) is 6.61 Å². The highest BCUT2D eigenvalue weighted by atomic mass is 16.5. The number of hydrogen-bond donors (Lipinski definition) is 0. The molecule has 1 aliphatic carbocycles. The van der Waals surface area contributed by atoms with Gasteiger partial charge in [-0.25, -0.2) is 0 Å². The lowest BCUT2D eigenvalue weighted by atomic mass is 9.69. The van der Waals surface area contributed by atoms with E-state index >= 15 is 0 Å². The van der Waals surface area contributed by atoms with Crippen molar-refractivity contribution in [2.24, 2.45) is 0 Å². The summed E-state index contributed by atoms with van der Waals surface area (Å²) >= 11 is 0. The van der Waals surface area contributed by atoms with E-state index in [0.717, 1.165) is 30.8 Å². The van der Waals surface area contributed by atoms with Crippen molar-refractivity contribution in [3.8, 4) is 16.9 Å². The summed E-state index contributed by atoms with van der Waals surface area (Å²) in [7, 11) is 0. The smallest absolute Gasteiger partial charge is 0.119 e. The molecule has 1 unspecified atom stereocenters. The van der Waals surface area contributed by atoms with Gasteiger partial charge in [0.1, 0.15) is 5.75 Å². The molecule has 1 atom stereocenters. The van der Waals surface area contributed by atoms with Crippen molar-refractivity contribution in [3.63, 3.8) is 0 Å². The fraction of sp³-hybridized carbons (Fsp3) is 0.235. The monoisotopic (exact) mass is 458 g/mol. The first-order chi connectivity index (χ1) is 17.2. The number of aryl methyl sites for hydroxylation is 1. The fourth-order valence-electron chi connectivity index (χ4n) is 5.66. The Morgan fingerprint density at radius 1 is 0.714 bits per heavy atom. The number of hydrogen-bond acceptors (Lipinski definition) is 1. The average Bonchev–Trinajstić information content (AvgIpc) is 3.19. The minimum absolute atomic E-state index is 0.0807. The molecule has 35 heavy (non-hydrogen) atoms. The van der Waals surface area contributed by atoms with E-state index in [1.807, 2.05) is 30.3 Å². The summed E-state index contributed by atoms with van der Waals surface area (Å²) in [6, 6.07) is 35.3. The van der Waals surface area contributed by atoms with Crippen molar-refractivity contribution in [2.75, 3.05) is 6.61 Å². The molecule has 0 fully saturated rings. The molecular formula is C34H34O. The zero-order chi connectivity index (χ0) is 24.1. The fourth-order valence-corrected chi connectivity index (χ4v) is 5.66. The topological polar surface area (TPSA) is 9.23 Å². The second kappa shape index (κ2) is 10.4. The Balaban J connectivity index is 1.30. The molecule has 0 bridgehead atoms. The van der Waals surface area contributed by atoms with Crippen molar-refractivity contribution in [2.45, 2.75) is 44.4 Å². The molecule has 0 aliphatic heterocycles. The van der Waals surface area contributed by atoms with E-state index in [0.29, 0.717) is 0 Å². The highest BCUT2D eigenvalue weighted by Gasteiger charge is 2.43.